The number of aromatic nitrogens is 3. The highest BCUT2D eigenvalue weighted by Crippen LogP contribution is 2.34. The molecule has 0 saturated carbocycles. The Morgan fingerprint density at radius 3 is 2.81 bits per heavy atom. The Hall–Kier alpha value is -3.68. The molecule has 1 atom stereocenters. The Kier molecular flexibility index (Phi) is 5.11. The minimum atomic E-state index is -0.377. The van der Waals surface area contributed by atoms with Crippen LogP contribution in [0.2, 0.25) is 0 Å². The van der Waals surface area contributed by atoms with E-state index in [-0.39, 0.29) is 17.5 Å². The maximum Gasteiger partial charge on any atom is 0.255 e. The molecule has 2 aliphatic heterocycles. The fourth-order valence-electron chi connectivity index (χ4n) is 4.01. The molecule has 31 heavy (non-hydrogen) atoms. The first-order valence-electron chi connectivity index (χ1n) is 10.4. The molecule has 0 fully saturated rings. The number of carbonyl (C=O) groups excluding carboxylic acids is 1. The number of nitrogens with one attached hydrogen (secondary N) is 1. The van der Waals surface area contributed by atoms with E-state index >= 15 is 0 Å². The summed E-state index contributed by atoms with van der Waals surface area (Å²) in [5.41, 5.74) is 1.68. The van der Waals surface area contributed by atoms with Gasteiger partial charge in [0.2, 0.25) is 0 Å². The predicted molar refractivity (Wildman–Crippen MR) is 113 cm³/mol. The summed E-state index contributed by atoms with van der Waals surface area (Å²) in [6, 6.07) is 10.1. The van der Waals surface area contributed by atoms with Crippen molar-refractivity contribution in [3.05, 3.63) is 70.5 Å². The molecule has 1 unspecified atom stereocenters. The third-order valence-electron chi connectivity index (χ3n) is 5.52. The Balaban J connectivity index is 1.48. The molecule has 0 saturated heterocycles. The molecule has 5 rings (SSSR count). The van der Waals surface area contributed by atoms with Crippen LogP contribution in [0.1, 0.15) is 41.5 Å². The highest BCUT2D eigenvalue weighted by Gasteiger charge is 2.27. The lowest BCUT2D eigenvalue weighted by Crippen LogP contribution is -2.38. The first kappa shape index (κ1) is 19.3. The number of amides is 1. The quantitative estimate of drug-likeness (QED) is 0.703. The van der Waals surface area contributed by atoms with E-state index in [2.05, 4.69) is 10.3 Å². The average Bonchev–Trinajstić information content (AvgIpc) is 3.05. The van der Waals surface area contributed by atoms with Gasteiger partial charge in [-0.15, -0.1) is 0 Å². The Morgan fingerprint density at radius 2 is 1.94 bits per heavy atom. The molecule has 3 aromatic rings. The van der Waals surface area contributed by atoms with Crippen molar-refractivity contribution in [2.24, 2.45) is 0 Å². The Bertz CT molecular complexity index is 1180. The van der Waals surface area contributed by atoms with Crippen LogP contribution in [0.15, 0.2) is 53.6 Å². The molecular weight excluding hydrogens is 396 g/mol. The van der Waals surface area contributed by atoms with Gasteiger partial charge in [-0.2, -0.15) is 0 Å². The second kappa shape index (κ2) is 8.22. The number of benzene rings is 1. The first-order valence-corrected chi connectivity index (χ1v) is 10.4. The van der Waals surface area contributed by atoms with Crippen molar-refractivity contribution in [1.82, 2.24) is 19.9 Å². The monoisotopic (exact) mass is 418 g/mol. The summed E-state index contributed by atoms with van der Waals surface area (Å²) in [6.45, 7) is 1.64. The lowest BCUT2D eigenvalue weighted by atomic mass is 10.0. The van der Waals surface area contributed by atoms with Crippen LogP contribution >= 0.6 is 0 Å². The minimum Gasteiger partial charge on any atom is -0.490 e. The van der Waals surface area contributed by atoms with E-state index in [0.29, 0.717) is 54.8 Å². The highest BCUT2D eigenvalue weighted by molar-refractivity contribution is 5.98. The van der Waals surface area contributed by atoms with Crippen LogP contribution in [-0.4, -0.2) is 33.7 Å². The number of hydrogen-bond acceptors (Lipinski definition) is 6. The summed E-state index contributed by atoms with van der Waals surface area (Å²) in [5, 5.41) is 3.06. The van der Waals surface area contributed by atoms with Gasteiger partial charge in [0, 0.05) is 37.0 Å². The van der Waals surface area contributed by atoms with Gasteiger partial charge in [0.1, 0.15) is 5.82 Å². The molecule has 2 aromatic heterocycles. The maximum absolute atomic E-state index is 13.2. The zero-order valence-electron chi connectivity index (χ0n) is 16.9. The summed E-state index contributed by atoms with van der Waals surface area (Å²) >= 11 is 0. The number of ether oxygens (including phenoxy) is 2. The number of rotatable bonds is 3. The van der Waals surface area contributed by atoms with Crippen LogP contribution in [0.3, 0.4) is 0 Å². The number of pyridine rings is 1. The van der Waals surface area contributed by atoms with Gasteiger partial charge in [-0.3, -0.25) is 19.1 Å². The fourth-order valence-corrected chi connectivity index (χ4v) is 4.01. The molecule has 2 aliphatic rings. The van der Waals surface area contributed by atoms with Crippen LogP contribution in [0.5, 0.6) is 11.5 Å². The third-order valence-corrected chi connectivity index (χ3v) is 5.52. The molecule has 1 aromatic carbocycles. The lowest BCUT2D eigenvalue weighted by molar-refractivity contribution is 0.0923. The molecule has 0 aliphatic carbocycles. The summed E-state index contributed by atoms with van der Waals surface area (Å²) in [6.07, 6.45) is 5.56. The molecule has 4 heterocycles. The van der Waals surface area contributed by atoms with Gasteiger partial charge >= 0.3 is 0 Å². The van der Waals surface area contributed by atoms with Crippen LogP contribution in [0.4, 0.5) is 0 Å². The molecule has 0 bridgehead atoms. The highest BCUT2D eigenvalue weighted by atomic mass is 16.5. The standard InChI is InChI=1S/C23H22N4O4/c28-20-14-18(15-7-9-24-10-8-15)25-22-17(5-2-11-27(20)22)26-23(29)16-4-1-6-19-21(16)31-13-3-12-30-19/h1,4,6-10,14,17H,2-3,5,11-13H2,(H,26,29). The molecule has 0 spiro atoms. The molecule has 8 heteroatoms. The van der Waals surface area contributed by atoms with Crippen molar-refractivity contribution >= 4 is 5.91 Å². The van der Waals surface area contributed by atoms with Crippen molar-refractivity contribution in [1.29, 1.82) is 0 Å². The second-order valence-corrected chi connectivity index (χ2v) is 7.58. The van der Waals surface area contributed by atoms with Gasteiger partial charge in [0.15, 0.2) is 11.5 Å². The first-order chi connectivity index (χ1) is 15.2. The van der Waals surface area contributed by atoms with Crippen molar-refractivity contribution in [3.63, 3.8) is 0 Å². The second-order valence-electron chi connectivity index (χ2n) is 7.58. The van der Waals surface area contributed by atoms with Gasteiger partial charge in [0.25, 0.3) is 11.5 Å². The van der Waals surface area contributed by atoms with E-state index in [1.165, 1.54) is 6.07 Å². The molecule has 8 nitrogen and oxygen atoms in total. The molecule has 1 N–H and O–H groups in total. The third kappa shape index (κ3) is 3.76. The lowest BCUT2D eigenvalue weighted by Gasteiger charge is -2.27. The van der Waals surface area contributed by atoms with Gasteiger partial charge in [-0.1, -0.05) is 6.07 Å². The van der Waals surface area contributed by atoms with Crippen LogP contribution in [0, 0.1) is 0 Å². The molecule has 0 radical (unpaired) electrons. The number of fused-ring (bicyclic) bond motifs is 2. The van der Waals surface area contributed by atoms with Crippen molar-refractivity contribution < 1.29 is 14.3 Å². The summed E-state index contributed by atoms with van der Waals surface area (Å²) < 4.78 is 13.1. The van der Waals surface area contributed by atoms with Gasteiger partial charge in [0.05, 0.1) is 30.5 Å². The zero-order valence-corrected chi connectivity index (χ0v) is 16.9. The van der Waals surface area contributed by atoms with Gasteiger partial charge < -0.3 is 14.8 Å². The van der Waals surface area contributed by atoms with Crippen LogP contribution in [0.25, 0.3) is 11.3 Å². The number of carbonyl (C=O) groups is 1. The summed E-state index contributed by atoms with van der Waals surface area (Å²) in [7, 11) is 0. The van der Waals surface area contributed by atoms with E-state index in [1.54, 1.807) is 35.2 Å². The van der Waals surface area contributed by atoms with E-state index in [1.807, 2.05) is 12.1 Å². The van der Waals surface area contributed by atoms with Gasteiger partial charge in [-0.25, -0.2) is 4.98 Å². The average molecular weight is 418 g/mol. The van der Waals surface area contributed by atoms with Crippen molar-refractivity contribution in [2.75, 3.05) is 13.2 Å². The van der Waals surface area contributed by atoms with E-state index in [4.69, 9.17) is 14.5 Å². The smallest absolute Gasteiger partial charge is 0.255 e. The number of nitrogens with zero attached hydrogens (tertiary/aromatic N) is 3. The Morgan fingerprint density at radius 1 is 1.10 bits per heavy atom. The number of hydrogen-bond donors (Lipinski definition) is 1. The largest absolute Gasteiger partial charge is 0.490 e. The number of para-hydroxylation sites is 1. The van der Waals surface area contributed by atoms with E-state index in [9.17, 15) is 9.59 Å². The van der Waals surface area contributed by atoms with E-state index in [0.717, 1.165) is 18.4 Å². The molecule has 158 valence electrons. The van der Waals surface area contributed by atoms with Gasteiger partial charge in [-0.05, 0) is 37.1 Å². The van der Waals surface area contributed by atoms with Crippen molar-refractivity contribution in [3.8, 4) is 22.8 Å². The summed E-state index contributed by atoms with van der Waals surface area (Å²) in [5.74, 6) is 1.33. The summed E-state index contributed by atoms with van der Waals surface area (Å²) in [4.78, 5) is 34.7. The zero-order chi connectivity index (χ0) is 21.2. The normalized spacial score (nSPS) is 17.4. The van der Waals surface area contributed by atoms with E-state index < -0.39 is 0 Å². The minimum absolute atomic E-state index is 0.124. The topological polar surface area (TPSA) is 95.3 Å². The van der Waals surface area contributed by atoms with Crippen LogP contribution in [-0.2, 0) is 6.54 Å². The molecular formula is C23H22N4O4. The SMILES string of the molecule is O=C(NC1CCCn2c1nc(-c1ccncc1)cc2=O)c1cccc2c1OCCCO2. The van der Waals surface area contributed by atoms with Crippen molar-refractivity contribution in [2.45, 2.75) is 31.8 Å². The Labute approximate surface area is 178 Å². The maximum atomic E-state index is 13.2. The van der Waals surface area contributed by atoms with Crippen LogP contribution < -0.4 is 20.3 Å². The predicted octanol–water partition coefficient (Wildman–Crippen LogP) is 2.73. The molecule has 1 amide bonds. The fraction of sp³-hybridized carbons (Fsp3) is 0.304.